The monoisotopic (exact) mass is 427 g/mol. The van der Waals surface area contributed by atoms with E-state index in [-0.39, 0.29) is 16.1 Å². The lowest BCUT2D eigenvalue weighted by molar-refractivity contribution is 0.0816. The first-order valence-corrected chi connectivity index (χ1v) is 12.0. The number of benzene rings is 1. The zero-order valence-corrected chi connectivity index (χ0v) is 17.8. The summed E-state index contributed by atoms with van der Waals surface area (Å²) in [6, 6.07) is 7.41. The number of pyridine rings is 1. The number of hydrogen-bond donors (Lipinski definition) is 0. The highest BCUT2D eigenvalue weighted by atomic mass is 32.2. The van der Waals surface area contributed by atoms with Crippen molar-refractivity contribution in [3.8, 4) is 5.75 Å². The number of fused-ring (bicyclic) bond motifs is 2. The summed E-state index contributed by atoms with van der Waals surface area (Å²) in [5.41, 5.74) is 2.65. The van der Waals surface area contributed by atoms with E-state index >= 15 is 0 Å². The Bertz CT molecular complexity index is 1110. The summed E-state index contributed by atoms with van der Waals surface area (Å²) in [5, 5.41) is -0.322. The van der Waals surface area contributed by atoms with Crippen molar-refractivity contribution < 1.29 is 17.9 Å². The fourth-order valence-corrected chi connectivity index (χ4v) is 6.49. The number of ether oxygens (including phenoxy) is 1. The van der Waals surface area contributed by atoms with E-state index in [0.29, 0.717) is 44.1 Å². The van der Waals surface area contributed by atoms with E-state index in [0.717, 1.165) is 36.1 Å². The van der Waals surface area contributed by atoms with Crippen LogP contribution in [-0.2, 0) is 16.4 Å². The fourth-order valence-electron chi connectivity index (χ4n) is 4.68. The normalized spacial score (nSPS) is 19.4. The molecule has 7 nitrogen and oxygen atoms in total. The van der Waals surface area contributed by atoms with Crippen LogP contribution in [0.2, 0.25) is 0 Å². The van der Waals surface area contributed by atoms with Crippen molar-refractivity contribution in [2.45, 2.75) is 48.8 Å². The largest absolute Gasteiger partial charge is 0.488 e. The molecule has 0 spiro atoms. The maximum atomic E-state index is 13.1. The van der Waals surface area contributed by atoms with Gasteiger partial charge in [-0.15, -0.1) is 0 Å². The van der Waals surface area contributed by atoms with Gasteiger partial charge < -0.3 is 14.5 Å². The predicted molar refractivity (Wildman–Crippen MR) is 113 cm³/mol. The lowest BCUT2D eigenvalue weighted by atomic mass is 10.0. The molecule has 2 aromatic rings. The molecule has 158 valence electrons. The smallest absolute Gasteiger partial charge is 0.254 e. The summed E-state index contributed by atoms with van der Waals surface area (Å²) in [5.74, 6) is 1.14. The van der Waals surface area contributed by atoms with E-state index in [9.17, 15) is 13.2 Å². The Morgan fingerprint density at radius 2 is 1.93 bits per heavy atom. The average Bonchev–Trinajstić information content (AvgIpc) is 3.06. The molecule has 2 aliphatic heterocycles. The summed E-state index contributed by atoms with van der Waals surface area (Å²) in [7, 11) is -1.61. The number of anilines is 2. The number of hydrogen-bond acceptors (Lipinski definition) is 6. The molecule has 0 saturated heterocycles. The minimum absolute atomic E-state index is 0.0367. The topological polar surface area (TPSA) is 79.8 Å². The van der Waals surface area contributed by atoms with Crippen LogP contribution in [0, 0.1) is 0 Å². The van der Waals surface area contributed by atoms with Gasteiger partial charge in [-0.3, -0.25) is 4.79 Å². The molecule has 0 bridgehead atoms. The van der Waals surface area contributed by atoms with Crippen LogP contribution in [0.15, 0.2) is 35.4 Å². The van der Waals surface area contributed by atoms with Crippen LogP contribution in [0.25, 0.3) is 0 Å². The maximum Gasteiger partial charge on any atom is 0.254 e. The minimum atomic E-state index is -3.40. The van der Waals surface area contributed by atoms with Gasteiger partial charge in [-0.05, 0) is 36.6 Å². The number of sulfone groups is 1. The molecule has 1 aromatic heterocycles. The number of amides is 1. The molecule has 8 heteroatoms. The highest BCUT2D eigenvalue weighted by Crippen LogP contribution is 2.39. The fraction of sp³-hybridized carbons (Fsp3) is 0.455. The Morgan fingerprint density at radius 1 is 1.13 bits per heavy atom. The van der Waals surface area contributed by atoms with Crippen molar-refractivity contribution in [1.82, 2.24) is 9.88 Å². The standard InChI is InChI=1S/C22H25N3O4S/c1-24-14-15-11-16(7-8-19(15)22(24)26)25-9-10-29-20-12-18(13-23-21(20)25)30(27,28)17-5-3-2-4-6-17/h7-8,11-13,17H,2-6,9-10,14H2,1H3. The second-order valence-electron chi connectivity index (χ2n) is 8.30. The second kappa shape index (κ2) is 7.27. The molecule has 1 saturated carbocycles. The van der Waals surface area contributed by atoms with E-state index < -0.39 is 9.84 Å². The molecule has 1 amide bonds. The van der Waals surface area contributed by atoms with Gasteiger partial charge in [-0.1, -0.05) is 19.3 Å². The molecule has 1 aliphatic carbocycles. The van der Waals surface area contributed by atoms with Gasteiger partial charge >= 0.3 is 0 Å². The van der Waals surface area contributed by atoms with E-state index in [1.54, 1.807) is 18.0 Å². The summed E-state index contributed by atoms with van der Waals surface area (Å²) in [4.78, 5) is 20.6. The quantitative estimate of drug-likeness (QED) is 0.748. The Labute approximate surface area is 176 Å². The molecule has 3 aliphatic rings. The molecular weight excluding hydrogens is 402 g/mol. The van der Waals surface area contributed by atoms with Crippen LogP contribution in [-0.4, -0.2) is 49.7 Å². The third-order valence-electron chi connectivity index (χ3n) is 6.34. The average molecular weight is 428 g/mol. The van der Waals surface area contributed by atoms with Crippen LogP contribution in [0.1, 0.15) is 48.0 Å². The number of carbonyl (C=O) groups excluding carboxylic acids is 1. The van der Waals surface area contributed by atoms with Crippen LogP contribution in [0.4, 0.5) is 11.5 Å². The number of rotatable bonds is 3. The zero-order valence-electron chi connectivity index (χ0n) is 17.0. The highest BCUT2D eigenvalue weighted by Gasteiger charge is 2.32. The molecule has 30 heavy (non-hydrogen) atoms. The Balaban J connectivity index is 1.47. The van der Waals surface area contributed by atoms with Crippen molar-refractivity contribution >= 4 is 27.2 Å². The molecule has 0 radical (unpaired) electrons. The van der Waals surface area contributed by atoms with E-state index in [1.165, 1.54) is 6.20 Å². The van der Waals surface area contributed by atoms with E-state index in [1.807, 2.05) is 23.1 Å². The van der Waals surface area contributed by atoms with Crippen molar-refractivity contribution in [3.05, 3.63) is 41.6 Å². The lowest BCUT2D eigenvalue weighted by Crippen LogP contribution is -2.30. The minimum Gasteiger partial charge on any atom is -0.488 e. The first-order valence-electron chi connectivity index (χ1n) is 10.5. The second-order valence-corrected chi connectivity index (χ2v) is 10.5. The summed E-state index contributed by atoms with van der Waals surface area (Å²) in [6.45, 7) is 1.64. The molecule has 1 fully saturated rings. The van der Waals surface area contributed by atoms with Gasteiger partial charge in [0.2, 0.25) is 0 Å². The van der Waals surface area contributed by atoms with Crippen molar-refractivity contribution in [2.75, 3.05) is 25.1 Å². The van der Waals surface area contributed by atoms with Crippen LogP contribution < -0.4 is 9.64 Å². The Hall–Kier alpha value is -2.61. The maximum absolute atomic E-state index is 13.1. The molecule has 1 aromatic carbocycles. The summed E-state index contributed by atoms with van der Waals surface area (Å²) < 4.78 is 31.9. The van der Waals surface area contributed by atoms with Crippen LogP contribution in [0.3, 0.4) is 0 Å². The van der Waals surface area contributed by atoms with Gasteiger partial charge in [-0.2, -0.15) is 0 Å². The van der Waals surface area contributed by atoms with Gasteiger partial charge in [0.1, 0.15) is 6.61 Å². The molecule has 0 atom stereocenters. The van der Waals surface area contributed by atoms with Crippen molar-refractivity contribution in [1.29, 1.82) is 0 Å². The van der Waals surface area contributed by atoms with E-state index in [4.69, 9.17) is 4.74 Å². The third-order valence-corrected chi connectivity index (χ3v) is 8.57. The van der Waals surface area contributed by atoms with Crippen molar-refractivity contribution in [3.63, 3.8) is 0 Å². The first-order chi connectivity index (χ1) is 14.4. The third kappa shape index (κ3) is 3.14. The number of carbonyl (C=O) groups is 1. The number of aromatic nitrogens is 1. The summed E-state index contributed by atoms with van der Waals surface area (Å²) in [6.07, 6.45) is 5.93. The molecule has 5 rings (SSSR count). The van der Waals surface area contributed by atoms with Crippen molar-refractivity contribution in [2.24, 2.45) is 0 Å². The number of nitrogens with zero attached hydrogens (tertiary/aromatic N) is 3. The molecule has 3 heterocycles. The lowest BCUT2D eigenvalue weighted by Gasteiger charge is -2.31. The van der Waals surface area contributed by atoms with Gasteiger partial charge in [0.25, 0.3) is 5.91 Å². The zero-order chi connectivity index (χ0) is 20.9. The molecule has 0 N–H and O–H groups in total. The van der Waals surface area contributed by atoms with Gasteiger partial charge in [0.05, 0.1) is 16.7 Å². The van der Waals surface area contributed by atoms with Gasteiger partial charge in [0, 0.05) is 37.1 Å². The molecular formula is C22H25N3O4S. The van der Waals surface area contributed by atoms with Gasteiger partial charge in [-0.25, -0.2) is 13.4 Å². The SMILES string of the molecule is CN1Cc2cc(N3CCOc4cc(S(=O)(=O)C5CCCCC5)cnc43)ccc2C1=O. The van der Waals surface area contributed by atoms with Crippen LogP contribution >= 0.6 is 0 Å². The highest BCUT2D eigenvalue weighted by molar-refractivity contribution is 7.92. The van der Waals surface area contributed by atoms with Gasteiger partial charge in [0.15, 0.2) is 21.4 Å². The molecule has 0 unspecified atom stereocenters. The predicted octanol–water partition coefficient (Wildman–Crippen LogP) is 3.30. The summed E-state index contributed by atoms with van der Waals surface area (Å²) >= 11 is 0. The van der Waals surface area contributed by atoms with E-state index in [2.05, 4.69) is 4.98 Å². The Kier molecular flexibility index (Phi) is 4.69. The Morgan fingerprint density at radius 3 is 2.73 bits per heavy atom. The van der Waals surface area contributed by atoms with Crippen LogP contribution in [0.5, 0.6) is 5.75 Å². The first kappa shape index (κ1) is 19.4.